The van der Waals surface area contributed by atoms with Gasteiger partial charge in [0, 0.05) is 7.05 Å². The Morgan fingerprint density at radius 1 is 1.18 bits per heavy atom. The summed E-state index contributed by atoms with van der Waals surface area (Å²) in [6, 6.07) is 6.19. The summed E-state index contributed by atoms with van der Waals surface area (Å²) in [6.07, 6.45) is -1.10. The van der Waals surface area contributed by atoms with Crippen molar-refractivity contribution >= 4 is 27.6 Å². The summed E-state index contributed by atoms with van der Waals surface area (Å²) in [7, 11) is -2.10. The highest BCUT2D eigenvalue weighted by atomic mass is 32.2. The Hall–Kier alpha value is -2.72. The maximum Gasteiger partial charge on any atom is 0.321 e. The number of nitrogens with zero attached hydrogens (tertiary/aromatic N) is 2. The van der Waals surface area contributed by atoms with Crippen molar-refractivity contribution in [2.75, 3.05) is 11.9 Å². The molecule has 2 aromatic rings. The van der Waals surface area contributed by atoms with Gasteiger partial charge in [0.15, 0.2) is 6.10 Å². The van der Waals surface area contributed by atoms with E-state index >= 15 is 0 Å². The zero-order valence-electron chi connectivity index (χ0n) is 16.4. The molecule has 0 bridgehead atoms. The van der Waals surface area contributed by atoms with Gasteiger partial charge in [-0.15, -0.1) is 0 Å². The van der Waals surface area contributed by atoms with E-state index in [-0.39, 0.29) is 4.90 Å². The molecule has 0 aliphatic rings. The quantitative estimate of drug-likeness (QED) is 0.664. The van der Waals surface area contributed by atoms with Crippen LogP contribution in [0, 0.1) is 20.8 Å². The third-order valence-electron chi connectivity index (χ3n) is 4.17. The van der Waals surface area contributed by atoms with Crippen molar-refractivity contribution in [2.24, 2.45) is 7.05 Å². The Morgan fingerprint density at radius 3 is 2.32 bits per heavy atom. The van der Waals surface area contributed by atoms with Crippen LogP contribution in [-0.4, -0.2) is 42.7 Å². The molecule has 0 saturated carbocycles. The van der Waals surface area contributed by atoms with Crippen LogP contribution in [0.15, 0.2) is 29.2 Å². The van der Waals surface area contributed by atoms with Gasteiger partial charge in [0.05, 0.1) is 22.0 Å². The maximum atomic E-state index is 12.3. The Balaban J connectivity index is 1.91. The first kappa shape index (κ1) is 21.6. The van der Waals surface area contributed by atoms with E-state index in [1.54, 1.807) is 37.7 Å². The van der Waals surface area contributed by atoms with Gasteiger partial charge < -0.3 is 10.1 Å². The smallest absolute Gasteiger partial charge is 0.321 e. The number of anilines is 1. The summed E-state index contributed by atoms with van der Waals surface area (Å²) in [5.74, 6) is -1.40. The minimum absolute atomic E-state index is 0.0409. The molecule has 0 radical (unpaired) electrons. The van der Waals surface area contributed by atoms with E-state index in [1.165, 1.54) is 19.1 Å². The van der Waals surface area contributed by atoms with Crippen molar-refractivity contribution in [3.63, 3.8) is 0 Å². The molecule has 28 heavy (non-hydrogen) atoms. The predicted octanol–water partition coefficient (Wildman–Crippen LogP) is 1.19. The molecule has 0 saturated heterocycles. The summed E-state index contributed by atoms with van der Waals surface area (Å²) >= 11 is 0. The second kappa shape index (κ2) is 8.53. The number of sulfonamides is 1. The number of amides is 1. The van der Waals surface area contributed by atoms with Crippen molar-refractivity contribution in [1.29, 1.82) is 0 Å². The SMILES string of the molecule is Cc1ccc(S(=O)(=O)NCC(=O)O[C@H](C)C(=O)Nc2c(C)nn(C)c2C)cc1. The molecule has 1 aromatic heterocycles. The number of hydrogen-bond acceptors (Lipinski definition) is 6. The average Bonchev–Trinajstić information content (AvgIpc) is 2.86. The second-order valence-corrected chi connectivity index (χ2v) is 8.20. The van der Waals surface area contributed by atoms with Crippen LogP contribution in [0.3, 0.4) is 0 Å². The number of benzene rings is 1. The molecule has 10 heteroatoms. The number of nitrogens with one attached hydrogen (secondary N) is 2. The summed E-state index contributed by atoms with van der Waals surface area (Å²) in [6.45, 7) is 6.20. The van der Waals surface area contributed by atoms with E-state index in [0.717, 1.165) is 11.3 Å². The molecule has 0 aliphatic carbocycles. The lowest BCUT2D eigenvalue weighted by molar-refractivity contribution is -0.151. The minimum atomic E-state index is -3.85. The highest BCUT2D eigenvalue weighted by Crippen LogP contribution is 2.18. The van der Waals surface area contributed by atoms with Gasteiger partial charge in [0.1, 0.15) is 6.54 Å². The van der Waals surface area contributed by atoms with E-state index in [0.29, 0.717) is 11.4 Å². The van der Waals surface area contributed by atoms with Crippen LogP contribution in [-0.2, 0) is 31.4 Å². The molecule has 0 fully saturated rings. The van der Waals surface area contributed by atoms with E-state index < -0.39 is 34.5 Å². The van der Waals surface area contributed by atoms with Crippen molar-refractivity contribution in [2.45, 2.75) is 38.7 Å². The Kier molecular flexibility index (Phi) is 6.57. The third-order valence-corrected chi connectivity index (χ3v) is 5.59. The van der Waals surface area contributed by atoms with Gasteiger partial charge in [-0.05, 0) is 39.8 Å². The number of ether oxygens (including phenoxy) is 1. The van der Waals surface area contributed by atoms with Gasteiger partial charge in [0.25, 0.3) is 5.91 Å². The molecule has 1 heterocycles. The van der Waals surface area contributed by atoms with Crippen LogP contribution in [0.1, 0.15) is 23.9 Å². The third kappa shape index (κ3) is 5.17. The monoisotopic (exact) mass is 408 g/mol. The second-order valence-electron chi connectivity index (χ2n) is 6.43. The summed E-state index contributed by atoms with van der Waals surface area (Å²) < 4.78 is 33.2. The Morgan fingerprint density at radius 2 is 1.79 bits per heavy atom. The molecule has 2 N–H and O–H groups in total. The fraction of sp³-hybridized carbons (Fsp3) is 0.389. The van der Waals surface area contributed by atoms with Crippen LogP contribution in [0.4, 0.5) is 5.69 Å². The number of hydrogen-bond donors (Lipinski definition) is 2. The number of carbonyl (C=O) groups excluding carboxylic acids is 2. The maximum absolute atomic E-state index is 12.3. The number of rotatable bonds is 7. The first-order valence-electron chi connectivity index (χ1n) is 8.58. The van der Waals surface area contributed by atoms with Crippen molar-refractivity contribution < 1.29 is 22.7 Å². The summed E-state index contributed by atoms with van der Waals surface area (Å²) in [5, 5.41) is 6.86. The fourth-order valence-corrected chi connectivity index (χ4v) is 3.40. The van der Waals surface area contributed by atoms with Gasteiger partial charge in [-0.25, -0.2) is 8.42 Å². The van der Waals surface area contributed by atoms with E-state index in [2.05, 4.69) is 15.1 Å². The van der Waals surface area contributed by atoms with E-state index in [9.17, 15) is 18.0 Å². The number of carbonyl (C=O) groups is 2. The molecule has 1 atom stereocenters. The highest BCUT2D eigenvalue weighted by molar-refractivity contribution is 7.89. The minimum Gasteiger partial charge on any atom is -0.452 e. The van der Waals surface area contributed by atoms with Crippen LogP contribution in [0.25, 0.3) is 0 Å². The first-order chi connectivity index (χ1) is 13.0. The van der Waals surface area contributed by atoms with E-state index in [1.807, 2.05) is 6.92 Å². The van der Waals surface area contributed by atoms with Gasteiger partial charge in [-0.3, -0.25) is 14.3 Å². The summed E-state index contributed by atoms with van der Waals surface area (Å²) in [4.78, 5) is 24.2. The average molecular weight is 408 g/mol. The molecule has 0 spiro atoms. The van der Waals surface area contributed by atoms with E-state index in [4.69, 9.17) is 4.74 Å². The van der Waals surface area contributed by atoms with Crippen LogP contribution < -0.4 is 10.0 Å². The topological polar surface area (TPSA) is 119 Å². The molecule has 0 aliphatic heterocycles. The zero-order valence-corrected chi connectivity index (χ0v) is 17.3. The molecule has 1 amide bonds. The number of esters is 1. The molecular weight excluding hydrogens is 384 g/mol. The normalized spacial score (nSPS) is 12.5. The lowest BCUT2D eigenvalue weighted by atomic mass is 10.2. The Labute approximate surface area is 164 Å². The van der Waals surface area contributed by atoms with Crippen molar-refractivity contribution in [1.82, 2.24) is 14.5 Å². The highest BCUT2D eigenvalue weighted by Gasteiger charge is 2.22. The zero-order chi connectivity index (χ0) is 21.1. The number of aromatic nitrogens is 2. The molecule has 152 valence electrons. The number of aryl methyl sites for hydroxylation is 3. The molecule has 2 rings (SSSR count). The van der Waals surface area contributed by atoms with Crippen LogP contribution in [0.5, 0.6) is 0 Å². The molecule has 1 aromatic carbocycles. The molecular formula is C18H24N4O5S. The largest absolute Gasteiger partial charge is 0.452 e. The van der Waals surface area contributed by atoms with Gasteiger partial charge >= 0.3 is 5.97 Å². The lowest BCUT2D eigenvalue weighted by Gasteiger charge is -2.14. The van der Waals surface area contributed by atoms with Gasteiger partial charge in [-0.1, -0.05) is 17.7 Å². The van der Waals surface area contributed by atoms with Gasteiger partial charge in [-0.2, -0.15) is 9.82 Å². The molecule has 0 unspecified atom stereocenters. The standard InChI is InChI=1S/C18H24N4O5S/c1-11-6-8-15(9-7-11)28(25,26)19-10-16(23)27-14(4)18(24)20-17-12(2)21-22(5)13(17)3/h6-9,14,19H,10H2,1-5H3,(H,20,24)/t14-/m1/s1. The molecule has 9 nitrogen and oxygen atoms in total. The predicted molar refractivity (Wildman–Crippen MR) is 103 cm³/mol. The Bertz CT molecular complexity index is 980. The summed E-state index contributed by atoms with van der Waals surface area (Å²) in [5.41, 5.74) is 2.86. The van der Waals surface area contributed by atoms with Crippen molar-refractivity contribution in [3.05, 3.63) is 41.2 Å². The first-order valence-corrected chi connectivity index (χ1v) is 10.1. The van der Waals surface area contributed by atoms with Crippen LogP contribution >= 0.6 is 0 Å². The van der Waals surface area contributed by atoms with Gasteiger partial charge in [0.2, 0.25) is 10.0 Å². The van der Waals surface area contributed by atoms with Crippen LogP contribution in [0.2, 0.25) is 0 Å². The van der Waals surface area contributed by atoms with Crippen molar-refractivity contribution in [3.8, 4) is 0 Å². The lowest BCUT2D eigenvalue weighted by Crippen LogP contribution is -2.36. The fourth-order valence-electron chi connectivity index (χ4n) is 2.43.